The van der Waals surface area contributed by atoms with Crippen LogP contribution in [0.15, 0.2) is 52.0 Å². The molecular weight excluding hydrogens is 396 g/mol. The number of anilines is 1. The first kappa shape index (κ1) is 18.4. The number of benzene rings is 1. The Balaban J connectivity index is 1.84. The molecule has 0 aliphatic heterocycles. The Morgan fingerprint density at radius 1 is 1.25 bits per heavy atom. The van der Waals surface area contributed by atoms with E-state index in [0.29, 0.717) is 11.0 Å². The van der Waals surface area contributed by atoms with Gasteiger partial charge in [-0.1, -0.05) is 30.3 Å². The molecule has 2 rings (SSSR count). The van der Waals surface area contributed by atoms with E-state index < -0.39 is 10.0 Å². The Bertz CT molecular complexity index is 813. The summed E-state index contributed by atoms with van der Waals surface area (Å²) in [4.78, 5) is 15.4. The largest absolute Gasteiger partial charge is 0.383 e. The first-order valence-electron chi connectivity index (χ1n) is 7.10. The minimum atomic E-state index is -3.82. The molecule has 9 heteroatoms. The minimum absolute atomic E-state index is 0.0212. The van der Waals surface area contributed by atoms with Crippen molar-refractivity contribution < 1.29 is 13.2 Å². The van der Waals surface area contributed by atoms with Crippen molar-refractivity contribution in [1.29, 1.82) is 0 Å². The van der Waals surface area contributed by atoms with Crippen LogP contribution in [0.2, 0.25) is 0 Å². The first-order chi connectivity index (χ1) is 11.4. The summed E-state index contributed by atoms with van der Waals surface area (Å²) in [6, 6.07) is 10.8. The van der Waals surface area contributed by atoms with E-state index in [1.54, 1.807) is 0 Å². The molecule has 0 saturated carbocycles. The summed E-state index contributed by atoms with van der Waals surface area (Å²) in [5, 5.41) is 2.73. The normalized spacial score (nSPS) is 11.2. The maximum atomic E-state index is 12.2. The minimum Gasteiger partial charge on any atom is -0.383 e. The lowest BCUT2D eigenvalue weighted by Gasteiger charge is -2.09. The van der Waals surface area contributed by atoms with Crippen LogP contribution in [0.1, 0.15) is 12.0 Å². The van der Waals surface area contributed by atoms with Crippen molar-refractivity contribution in [1.82, 2.24) is 15.0 Å². The monoisotopic (exact) mass is 412 g/mol. The maximum absolute atomic E-state index is 12.2. The summed E-state index contributed by atoms with van der Waals surface area (Å²) >= 11 is 3.15. The standard InChI is InChI=1S/C15H17BrN4O3S/c16-12-8-13(15(17)19-10-12)24(22,23)20-7-6-14(21)18-9-11-4-2-1-3-5-11/h1-5,8,10,20H,6-7,9H2,(H2,17,19)(H,18,21). The average molecular weight is 413 g/mol. The lowest BCUT2D eigenvalue weighted by molar-refractivity contribution is -0.121. The summed E-state index contributed by atoms with van der Waals surface area (Å²) in [5.41, 5.74) is 6.56. The second kappa shape index (κ2) is 8.22. The Kier molecular flexibility index (Phi) is 6.29. The third-order valence-corrected chi connectivity index (χ3v) is 5.04. The number of nitrogen functional groups attached to an aromatic ring is 1. The fourth-order valence-electron chi connectivity index (χ4n) is 1.91. The number of carbonyl (C=O) groups excluding carboxylic acids is 1. The average Bonchev–Trinajstić information content (AvgIpc) is 2.56. The van der Waals surface area contributed by atoms with Crippen molar-refractivity contribution in [2.75, 3.05) is 12.3 Å². The molecule has 0 saturated heterocycles. The van der Waals surface area contributed by atoms with Gasteiger partial charge in [-0.2, -0.15) is 0 Å². The zero-order chi connectivity index (χ0) is 17.6. The number of amides is 1. The van der Waals surface area contributed by atoms with E-state index in [4.69, 9.17) is 5.73 Å². The van der Waals surface area contributed by atoms with Gasteiger partial charge in [-0.05, 0) is 27.6 Å². The van der Waals surface area contributed by atoms with E-state index in [9.17, 15) is 13.2 Å². The number of hydrogen-bond acceptors (Lipinski definition) is 5. The molecule has 4 N–H and O–H groups in total. The van der Waals surface area contributed by atoms with Crippen molar-refractivity contribution in [3.05, 3.63) is 52.6 Å². The number of nitrogens with one attached hydrogen (secondary N) is 2. The zero-order valence-corrected chi connectivity index (χ0v) is 15.1. The van der Waals surface area contributed by atoms with Crippen LogP contribution in [-0.2, 0) is 21.4 Å². The van der Waals surface area contributed by atoms with Crippen molar-refractivity contribution >= 4 is 37.7 Å². The fourth-order valence-corrected chi connectivity index (χ4v) is 3.53. The van der Waals surface area contributed by atoms with E-state index in [1.807, 2.05) is 30.3 Å². The van der Waals surface area contributed by atoms with Gasteiger partial charge >= 0.3 is 0 Å². The van der Waals surface area contributed by atoms with Crippen LogP contribution in [0.3, 0.4) is 0 Å². The molecule has 0 bridgehead atoms. The van der Waals surface area contributed by atoms with Gasteiger partial charge in [-0.15, -0.1) is 0 Å². The molecule has 0 atom stereocenters. The molecule has 128 valence electrons. The van der Waals surface area contributed by atoms with Crippen LogP contribution >= 0.6 is 15.9 Å². The number of nitrogens with two attached hydrogens (primary N) is 1. The second-order valence-electron chi connectivity index (χ2n) is 4.95. The van der Waals surface area contributed by atoms with Crippen molar-refractivity contribution in [3.63, 3.8) is 0 Å². The van der Waals surface area contributed by atoms with Gasteiger partial charge in [0.25, 0.3) is 0 Å². The molecule has 0 spiro atoms. The maximum Gasteiger partial charge on any atom is 0.244 e. The highest BCUT2D eigenvalue weighted by Gasteiger charge is 2.18. The van der Waals surface area contributed by atoms with Crippen LogP contribution in [0, 0.1) is 0 Å². The van der Waals surface area contributed by atoms with Crippen molar-refractivity contribution in [2.24, 2.45) is 0 Å². The topological polar surface area (TPSA) is 114 Å². The van der Waals surface area contributed by atoms with E-state index >= 15 is 0 Å². The number of sulfonamides is 1. The van der Waals surface area contributed by atoms with E-state index in [1.165, 1.54) is 12.3 Å². The van der Waals surface area contributed by atoms with Crippen molar-refractivity contribution in [3.8, 4) is 0 Å². The highest BCUT2D eigenvalue weighted by Crippen LogP contribution is 2.20. The highest BCUT2D eigenvalue weighted by molar-refractivity contribution is 9.10. The molecule has 1 heterocycles. The molecule has 1 amide bonds. The number of carbonyl (C=O) groups is 1. The smallest absolute Gasteiger partial charge is 0.244 e. The number of rotatable bonds is 7. The van der Waals surface area contributed by atoms with Gasteiger partial charge in [-0.3, -0.25) is 4.79 Å². The second-order valence-corrected chi connectivity index (χ2v) is 7.60. The zero-order valence-electron chi connectivity index (χ0n) is 12.7. The third kappa shape index (κ3) is 5.29. The highest BCUT2D eigenvalue weighted by atomic mass is 79.9. The quantitative estimate of drug-likeness (QED) is 0.635. The lowest BCUT2D eigenvalue weighted by Crippen LogP contribution is -2.31. The molecule has 0 unspecified atom stereocenters. The summed E-state index contributed by atoms with van der Waals surface area (Å²) < 4.78 is 27.2. The number of nitrogens with zero attached hydrogens (tertiary/aromatic N) is 1. The molecule has 0 fully saturated rings. The number of aromatic nitrogens is 1. The van der Waals surface area contributed by atoms with Gasteiger partial charge in [0, 0.05) is 30.2 Å². The molecular formula is C15H17BrN4O3S. The summed E-state index contributed by atoms with van der Waals surface area (Å²) in [7, 11) is -3.82. The van der Waals surface area contributed by atoms with E-state index in [-0.39, 0.29) is 29.6 Å². The van der Waals surface area contributed by atoms with Crippen LogP contribution < -0.4 is 15.8 Å². The van der Waals surface area contributed by atoms with Gasteiger partial charge < -0.3 is 11.1 Å². The van der Waals surface area contributed by atoms with Crippen LogP contribution in [0.5, 0.6) is 0 Å². The van der Waals surface area contributed by atoms with Gasteiger partial charge in [0.05, 0.1) is 0 Å². The Morgan fingerprint density at radius 3 is 2.67 bits per heavy atom. The van der Waals surface area contributed by atoms with Crippen LogP contribution in [-0.4, -0.2) is 25.9 Å². The van der Waals surface area contributed by atoms with E-state index in [2.05, 4.69) is 31.0 Å². The number of pyridine rings is 1. The molecule has 1 aromatic carbocycles. The first-order valence-corrected chi connectivity index (χ1v) is 9.37. The molecule has 7 nitrogen and oxygen atoms in total. The van der Waals surface area contributed by atoms with Gasteiger partial charge in [-0.25, -0.2) is 18.1 Å². The molecule has 0 aliphatic carbocycles. The number of hydrogen-bond donors (Lipinski definition) is 3. The SMILES string of the molecule is Nc1ncc(Br)cc1S(=O)(=O)NCCC(=O)NCc1ccccc1. The molecule has 1 aromatic heterocycles. The van der Waals surface area contributed by atoms with Crippen molar-refractivity contribution in [2.45, 2.75) is 17.9 Å². The third-order valence-electron chi connectivity index (χ3n) is 3.11. The summed E-state index contributed by atoms with van der Waals surface area (Å²) in [6.45, 7) is 0.365. The van der Waals surface area contributed by atoms with Crippen LogP contribution in [0.4, 0.5) is 5.82 Å². The fraction of sp³-hybridized carbons (Fsp3) is 0.200. The van der Waals surface area contributed by atoms with Crippen LogP contribution in [0.25, 0.3) is 0 Å². The molecule has 0 radical (unpaired) electrons. The summed E-state index contributed by atoms with van der Waals surface area (Å²) in [5.74, 6) is -0.346. The van der Waals surface area contributed by atoms with E-state index in [0.717, 1.165) is 5.56 Å². The Labute approximate surface area is 148 Å². The van der Waals surface area contributed by atoms with Gasteiger partial charge in [0.2, 0.25) is 15.9 Å². The predicted octanol–water partition coefficient (Wildman–Crippen LogP) is 1.41. The number of halogens is 1. The van der Waals surface area contributed by atoms with Gasteiger partial charge in [0.15, 0.2) is 0 Å². The molecule has 24 heavy (non-hydrogen) atoms. The Hall–Kier alpha value is -1.97. The lowest BCUT2D eigenvalue weighted by atomic mass is 10.2. The Morgan fingerprint density at radius 2 is 1.96 bits per heavy atom. The predicted molar refractivity (Wildman–Crippen MR) is 94.4 cm³/mol. The molecule has 0 aliphatic rings. The summed E-state index contributed by atoms with van der Waals surface area (Å²) in [6.07, 6.45) is 1.43. The van der Waals surface area contributed by atoms with Gasteiger partial charge in [0.1, 0.15) is 10.7 Å². The molecule has 2 aromatic rings.